The first kappa shape index (κ1) is 10.4. The van der Waals surface area contributed by atoms with Crippen molar-refractivity contribution in [3.63, 3.8) is 0 Å². The molecule has 0 spiro atoms. The summed E-state index contributed by atoms with van der Waals surface area (Å²) in [6.07, 6.45) is 0. The molecule has 0 fully saturated rings. The fourth-order valence-corrected chi connectivity index (χ4v) is 1.71. The van der Waals surface area contributed by atoms with Gasteiger partial charge in [-0.1, -0.05) is 0 Å². The largest absolute Gasteiger partial charge is 0.347 e. The van der Waals surface area contributed by atoms with E-state index >= 15 is 0 Å². The second kappa shape index (κ2) is 3.81. The van der Waals surface area contributed by atoms with E-state index in [-0.39, 0.29) is 24.8 Å². The first-order valence-corrected chi connectivity index (χ1v) is 4.83. The van der Waals surface area contributed by atoms with Gasteiger partial charge in [-0.2, -0.15) is 5.26 Å². The van der Waals surface area contributed by atoms with Gasteiger partial charge in [0.2, 0.25) is 5.91 Å². The second-order valence-electron chi connectivity index (χ2n) is 3.68. The van der Waals surface area contributed by atoms with Crippen LogP contribution in [0.25, 0.3) is 0 Å². The average Bonchev–Trinajstić information content (AvgIpc) is 2.21. The molecule has 0 aliphatic carbocycles. The van der Waals surface area contributed by atoms with E-state index in [1.165, 1.54) is 6.07 Å². The van der Waals surface area contributed by atoms with Crippen LogP contribution in [0.4, 0.5) is 15.8 Å². The molecule has 2 rings (SSSR count). The van der Waals surface area contributed by atoms with Crippen molar-refractivity contribution in [3.05, 3.63) is 23.5 Å². The number of halogens is 1. The van der Waals surface area contributed by atoms with Crippen molar-refractivity contribution in [2.75, 3.05) is 23.3 Å². The van der Waals surface area contributed by atoms with Gasteiger partial charge in [0.05, 0.1) is 24.0 Å². The van der Waals surface area contributed by atoms with E-state index in [0.29, 0.717) is 16.9 Å². The van der Waals surface area contributed by atoms with Gasteiger partial charge in [0, 0.05) is 0 Å². The van der Waals surface area contributed by atoms with Crippen molar-refractivity contribution in [1.29, 1.82) is 5.26 Å². The monoisotopic (exact) mass is 219 g/mol. The third kappa shape index (κ3) is 1.70. The number of anilines is 2. The number of nitrogens with zero attached hydrogens (tertiary/aromatic N) is 2. The van der Waals surface area contributed by atoms with Crippen LogP contribution in [0.1, 0.15) is 5.56 Å². The van der Waals surface area contributed by atoms with Gasteiger partial charge in [-0.3, -0.25) is 4.79 Å². The summed E-state index contributed by atoms with van der Waals surface area (Å²) in [7, 11) is 0. The lowest BCUT2D eigenvalue weighted by Crippen LogP contribution is -2.38. The van der Waals surface area contributed by atoms with E-state index in [0.717, 1.165) is 0 Å². The maximum absolute atomic E-state index is 13.4. The molecule has 0 saturated heterocycles. The highest BCUT2D eigenvalue weighted by Crippen LogP contribution is 2.31. The van der Waals surface area contributed by atoms with Gasteiger partial charge in [-0.25, -0.2) is 4.39 Å². The molecule has 0 saturated carbocycles. The Morgan fingerprint density at radius 2 is 2.38 bits per heavy atom. The van der Waals surface area contributed by atoms with Crippen molar-refractivity contribution < 1.29 is 9.18 Å². The van der Waals surface area contributed by atoms with Crippen LogP contribution in [0.15, 0.2) is 12.1 Å². The average molecular weight is 219 g/mol. The Kier molecular flexibility index (Phi) is 2.49. The molecular formula is C11H10FN3O. The molecular weight excluding hydrogens is 209 g/mol. The molecule has 1 N–H and O–H groups in total. The molecule has 1 amide bonds. The molecule has 0 aromatic heterocycles. The lowest BCUT2D eigenvalue weighted by molar-refractivity contribution is -0.115. The van der Waals surface area contributed by atoms with E-state index in [1.807, 2.05) is 6.07 Å². The number of nitrogens with one attached hydrogen (secondary N) is 1. The first-order valence-electron chi connectivity index (χ1n) is 4.83. The van der Waals surface area contributed by atoms with Crippen LogP contribution >= 0.6 is 0 Å². The maximum atomic E-state index is 13.4. The van der Waals surface area contributed by atoms with E-state index in [9.17, 15) is 9.18 Å². The number of aryl methyl sites for hydroxylation is 1. The Morgan fingerprint density at radius 3 is 3.06 bits per heavy atom. The zero-order valence-electron chi connectivity index (χ0n) is 8.75. The number of carbonyl (C=O) groups is 1. The Bertz CT molecular complexity index is 493. The number of benzene rings is 1. The summed E-state index contributed by atoms with van der Waals surface area (Å²) < 4.78 is 13.4. The number of fused-ring (bicyclic) bond motifs is 1. The molecule has 0 unspecified atom stereocenters. The van der Waals surface area contributed by atoms with E-state index in [2.05, 4.69) is 5.32 Å². The van der Waals surface area contributed by atoms with Gasteiger partial charge in [0.25, 0.3) is 0 Å². The highest BCUT2D eigenvalue weighted by molar-refractivity contribution is 6.01. The molecule has 16 heavy (non-hydrogen) atoms. The fourth-order valence-electron chi connectivity index (χ4n) is 1.71. The van der Waals surface area contributed by atoms with Crippen LogP contribution in [0.3, 0.4) is 0 Å². The molecule has 0 radical (unpaired) electrons. The molecule has 5 heteroatoms. The van der Waals surface area contributed by atoms with Gasteiger partial charge in [0.1, 0.15) is 12.4 Å². The van der Waals surface area contributed by atoms with Crippen molar-refractivity contribution in [2.24, 2.45) is 0 Å². The molecule has 1 aromatic rings. The van der Waals surface area contributed by atoms with Crippen LogP contribution in [0, 0.1) is 24.1 Å². The number of carbonyl (C=O) groups excluding carboxylic acids is 1. The Hall–Kier alpha value is -2.09. The predicted octanol–water partition coefficient (Wildman–Crippen LogP) is 1.42. The van der Waals surface area contributed by atoms with E-state index in [1.54, 1.807) is 17.9 Å². The van der Waals surface area contributed by atoms with Crippen LogP contribution in [0.5, 0.6) is 0 Å². The molecule has 82 valence electrons. The van der Waals surface area contributed by atoms with Crippen LogP contribution < -0.4 is 10.2 Å². The third-order valence-electron chi connectivity index (χ3n) is 2.49. The Morgan fingerprint density at radius 1 is 1.62 bits per heavy atom. The highest BCUT2D eigenvalue weighted by atomic mass is 19.1. The molecule has 0 bridgehead atoms. The lowest BCUT2D eigenvalue weighted by atomic mass is 10.1. The normalized spacial score (nSPS) is 14.1. The summed E-state index contributed by atoms with van der Waals surface area (Å²) in [5, 5.41) is 11.3. The first-order chi connectivity index (χ1) is 7.61. The standard InChI is InChI=1S/C11H10FN3O/c1-7-4-9-10(5-8(7)12)15(3-2-13)6-11(16)14-9/h4-5H,3,6H2,1H3,(H,14,16). The van der Waals surface area contributed by atoms with E-state index in [4.69, 9.17) is 5.26 Å². The van der Waals surface area contributed by atoms with Gasteiger partial charge >= 0.3 is 0 Å². The van der Waals surface area contributed by atoms with E-state index < -0.39 is 0 Å². The summed E-state index contributed by atoms with van der Waals surface area (Å²) >= 11 is 0. The zero-order valence-corrected chi connectivity index (χ0v) is 8.75. The summed E-state index contributed by atoms with van der Waals surface area (Å²) in [4.78, 5) is 12.9. The summed E-state index contributed by atoms with van der Waals surface area (Å²) in [6.45, 7) is 1.79. The zero-order chi connectivity index (χ0) is 11.7. The number of amides is 1. The van der Waals surface area contributed by atoms with Crippen molar-refractivity contribution >= 4 is 17.3 Å². The maximum Gasteiger partial charge on any atom is 0.243 e. The number of hydrogen-bond donors (Lipinski definition) is 1. The van der Waals surface area contributed by atoms with Crippen molar-refractivity contribution in [1.82, 2.24) is 0 Å². The minimum atomic E-state index is -0.335. The molecule has 0 atom stereocenters. The van der Waals surface area contributed by atoms with Crippen LogP contribution in [-0.2, 0) is 4.79 Å². The predicted molar refractivity (Wildman–Crippen MR) is 57.6 cm³/mol. The Labute approximate surface area is 92.3 Å². The summed E-state index contributed by atoms with van der Waals surface area (Å²) in [6, 6.07) is 4.88. The third-order valence-corrected chi connectivity index (χ3v) is 2.49. The summed E-state index contributed by atoms with van der Waals surface area (Å²) in [5.74, 6) is -0.522. The number of hydrogen-bond acceptors (Lipinski definition) is 3. The second-order valence-corrected chi connectivity index (χ2v) is 3.68. The minimum absolute atomic E-state index is 0.0723. The highest BCUT2D eigenvalue weighted by Gasteiger charge is 2.22. The number of rotatable bonds is 1. The smallest absolute Gasteiger partial charge is 0.243 e. The molecule has 1 heterocycles. The van der Waals surface area contributed by atoms with Gasteiger partial charge < -0.3 is 10.2 Å². The van der Waals surface area contributed by atoms with Crippen LogP contribution in [0.2, 0.25) is 0 Å². The summed E-state index contributed by atoms with van der Waals surface area (Å²) in [5.41, 5.74) is 1.59. The number of nitriles is 1. The topological polar surface area (TPSA) is 56.1 Å². The molecule has 1 aromatic carbocycles. The fraction of sp³-hybridized carbons (Fsp3) is 0.273. The van der Waals surface area contributed by atoms with Crippen LogP contribution in [-0.4, -0.2) is 19.0 Å². The quantitative estimate of drug-likeness (QED) is 0.726. The molecule has 1 aliphatic rings. The molecule has 4 nitrogen and oxygen atoms in total. The lowest BCUT2D eigenvalue weighted by Gasteiger charge is -2.29. The van der Waals surface area contributed by atoms with Gasteiger partial charge in [-0.15, -0.1) is 0 Å². The van der Waals surface area contributed by atoms with Crippen molar-refractivity contribution in [2.45, 2.75) is 6.92 Å². The minimum Gasteiger partial charge on any atom is -0.347 e. The Balaban J connectivity index is 2.49. The van der Waals surface area contributed by atoms with Gasteiger partial charge in [-0.05, 0) is 24.6 Å². The van der Waals surface area contributed by atoms with Gasteiger partial charge in [0.15, 0.2) is 0 Å². The molecule has 1 aliphatic heterocycles. The van der Waals surface area contributed by atoms with Crippen molar-refractivity contribution in [3.8, 4) is 6.07 Å². The SMILES string of the molecule is Cc1cc2c(cc1F)N(CC#N)CC(=O)N2.